The van der Waals surface area contributed by atoms with Crippen molar-refractivity contribution in [3.63, 3.8) is 0 Å². The molecule has 0 amide bonds. The summed E-state index contributed by atoms with van der Waals surface area (Å²) in [5.74, 6) is 1.39. The summed E-state index contributed by atoms with van der Waals surface area (Å²) in [6.45, 7) is 10.8. The van der Waals surface area contributed by atoms with Gasteiger partial charge in [0.05, 0.1) is 6.54 Å². The lowest BCUT2D eigenvalue weighted by molar-refractivity contribution is 0.443. The number of rotatable bonds is 8. The normalized spacial score (nSPS) is 13.9. The van der Waals surface area contributed by atoms with Crippen LogP contribution in [0.25, 0.3) is 0 Å². The number of hydrogen-bond donors (Lipinski definition) is 2. The van der Waals surface area contributed by atoms with E-state index in [0.29, 0.717) is 36.6 Å². The van der Waals surface area contributed by atoms with Gasteiger partial charge in [0.1, 0.15) is 16.4 Å². The fourth-order valence-corrected chi connectivity index (χ4v) is 3.02. The maximum Gasteiger partial charge on any atom is 0.244 e. The summed E-state index contributed by atoms with van der Waals surface area (Å²) in [6, 6.07) is 1.92. The van der Waals surface area contributed by atoms with E-state index >= 15 is 0 Å². The molecule has 0 saturated carbocycles. The van der Waals surface area contributed by atoms with Crippen molar-refractivity contribution >= 4 is 10.0 Å². The van der Waals surface area contributed by atoms with Crippen LogP contribution < -0.4 is 10.0 Å². The van der Waals surface area contributed by atoms with Gasteiger partial charge in [0.15, 0.2) is 0 Å². The molecule has 1 rings (SSSR count). The third-order valence-corrected chi connectivity index (χ3v) is 4.75. The highest BCUT2D eigenvalue weighted by Gasteiger charge is 2.21. The van der Waals surface area contributed by atoms with Gasteiger partial charge in [-0.1, -0.05) is 34.1 Å². The molecule has 116 valence electrons. The lowest BCUT2D eigenvalue weighted by Gasteiger charge is -2.09. The minimum Gasteiger partial charge on any atom is -0.464 e. The number of sulfonamides is 1. The zero-order chi connectivity index (χ0) is 15.3. The van der Waals surface area contributed by atoms with Crippen molar-refractivity contribution in [2.75, 3.05) is 6.54 Å². The lowest BCUT2D eigenvalue weighted by Crippen LogP contribution is -2.28. The van der Waals surface area contributed by atoms with Gasteiger partial charge < -0.3 is 9.73 Å². The standard InChI is InChI=1S/C14H26N2O3S/c1-6-11(4)8-16-20(17,18)14-7-13(19-12(14)5)9-15-10(2)3/h7,10-11,15-16H,6,8-9H2,1-5H3. The highest BCUT2D eigenvalue weighted by atomic mass is 32.2. The lowest BCUT2D eigenvalue weighted by atomic mass is 10.1. The Labute approximate surface area is 122 Å². The van der Waals surface area contributed by atoms with E-state index in [1.807, 2.05) is 27.7 Å². The summed E-state index contributed by atoms with van der Waals surface area (Å²) in [7, 11) is -3.49. The average molecular weight is 302 g/mol. The van der Waals surface area contributed by atoms with Crippen molar-refractivity contribution in [3.05, 3.63) is 17.6 Å². The Balaban J connectivity index is 2.79. The zero-order valence-electron chi connectivity index (χ0n) is 13.0. The minimum absolute atomic E-state index is 0.237. The molecule has 0 bridgehead atoms. The highest BCUT2D eigenvalue weighted by molar-refractivity contribution is 7.89. The van der Waals surface area contributed by atoms with E-state index in [9.17, 15) is 8.42 Å². The third kappa shape index (κ3) is 4.92. The SMILES string of the molecule is CCC(C)CNS(=O)(=O)c1cc(CNC(C)C)oc1C. The predicted octanol–water partition coefficient (Wildman–Crippen LogP) is 2.41. The van der Waals surface area contributed by atoms with E-state index in [1.165, 1.54) is 0 Å². The molecule has 0 saturated heterocycles. The summed E-state index contributed by atoms with van der Waals surface area (Å²) in [5, 5.41) is 3.20. The van der Waals surface area contributed by atoms with Crippen LogP contribution in [0, 0.1) is 12.8 Å². The summed E-state index contributed by atoms with van der Waals surface area (Å²) in [6.07, 6.45) is 0.941. The topological polar surface area (TPSA) is 71.3 Å². The predicted molar refractivity (Wildman–Crippen MR) is 80.1 cm³/mol. The molecule has 1 heterocycles. The third-order valence-electron chi connectivity index (χ3n) is 3.22. The van der Waals surface area contributed by atoms with E-state index in [2.05, 4.69) is 10.0 Å². The van der Waals surface area contributed by atoms with Gasteiger partial charge in [-0.05, 0) is 12.8 Å². The van der Waals surface area contributed by atoms with Gasteiger partial charge in [0.25, 0.3) is 0 Å². The van der Waals surface area contributed by atoms with E-state index in [0.717, 1.165) is 6.42 Å². The van der Waals surface area contributed by atoms with Gasteiger partial charge in [-0.25, -0.2) is 13.1 Å². The van der Waals surface area contributed by atoms with Gasteiger partial charge in [-0.2, -0.15) is 0 Å². The smallest absolute Gasteiger partial charge is 0.244 e. The van der Waals surface area contributed by atoms with E-state index in [-0.39, 0.29) is 4.90 Å². The molecular weight excluding hydrogens is 276 g/mol. The largest absolute Gasteiger partial charge is 0.464 e. The first kappa shape index (κ1) is 17.2. The van der Waals surface area contributed by atoms with Crippen LogP contribution in [0.4, 0.5) is 0 Å². The van der Waals surface area contributed by atoms with Crippen LogP contribution in [0.1, 0.15) is 45.6 Å². The quantitative estimate of drug-likeness (QED) is 0.773. The van der Waals surface area contributed by atoms with Crippen molar-refractivity contribution in [2.45, 2.75) is 58.5 Å². The summed E-state index contributed by atoms with van der Waals surface area (Å²) < 4.78 is 32.6. The molecule has 0 aliphatic rings. The van der Waals surface area contributed by atoms with Crippen molar-refractivity contribution < 1.29 is 12.8 Å². The zero-order valence-corrected chi connectivity index (χ0v) is 13.8. The van der Waals surface area contributed by atoms with Gasteiger partial charge in [0, 0.05) is 18.7 Å². The number of aryl methyl sites for hydroxylation is 1. The summed E-state index contributed by atoms with van der Waals surface area (Å²) in [5.41, 5.74) is 0. The molecule has 2 N–H and O–H groups in total. The Hall–Kier alpha value is -0.850. The fourth-order valence-electron chi connectivity index (χ4n) is 1.66. The number of furan rings is 1. The van der Waals surface area contributed by atoms with Crippen LogP contribution in [0.5, 0.6) is 0 Å². The molecule has 1 atom stereocenters. The Bertz CT molecular complexity index is 521. The maximum absolute atomic E-state index is 12.2. The molecule has 0 aromatic carbocycles. The number of nitrogens with one attached hydrogen (secondary N) is 2. The Kier molecular flexibility index (Phi) is 6.23. The molecule has 0 aliphatic carbocycles. The minimum atomic E-state index is -3.49. The first-order chi connectivity index (χ1) is 9.26. The highest BCUT2D eigenvalue weighted by Crippen LogP contribution is 2.20. The average Bonchev–Trinajstić information content (AvgIpc) is 2.75. The summed E-state index contributed by atoms with van der Waals surface area (Å²) in [4.78, 5) is 0.237. The van der Waals surface area contributed by atoms with Crippen LogP contribution in [0.2, 0.25) is 0 Å². The van der Waals surface area contributed by atoms with Gasteiger partial charge in [-0.15, -0.1) is 0 Å². The monoisotopic (exact) mass is 302 g/mol. The van der Waals surface area contributed by atoms with Gasteiger partial charge in [0.2, 0.25) is 10.0 Å². The molecule has 20 heavy (non-hydrogen) atoms. The molecule has 0 fully saturated rings. The van der Waals surface area contributed by atoms with Crippen LogP contribution in [0.3, 0.4) is 0 Å². The van der Waals surface area contributed by atoms with Crippen molar-refractivity contribution in [1.29, 1.82) is 0 Å². The molecule has 6 heteroatoms. The molecule has 5 nitrogen and oxygen atoms in total. The molecule has 1 aromatic rings. The van der Waals surface area contributed by atoms with Crippen LogP contribution in [-0.4, -0.2) is 21.0 Å². The Morgan fingerprint density at radius 3 is 2.50 bits per heavy atom. The molecule has 1 aromatic heterocycles. The van der Waals surface area contributed by atoms with E-state index in [4.69, 9.17) is 4.42 Å². The second kappa shape index (κ2) is 7.24. The van der Waals surface area contributed by atoms with Crippen molar-refractivity contribution in [1.82, 2.24) is 10.0 Å². The first-order valence-electron chi connectivity index (χ1n) is 7.08. The summed E-state index contributed by atoms with van der Waals surface area (Å²) >= 11 is 0. The molecule has 0 aliphatic heterocycles. The van der Waals surface area contributed by atoms with E-state index < -0.39 is 10.0 Å². The first-order valence-corrected chi connectivity index (χ1v) is 8.57. The van der Waals surface area contributed by atoms with Crippen LogP contribution in [0.15, 0.2) is 15.4 Å². The Morgan fingerprint density at radius 1 is 1.30 bits per heavy atom. The molecule has 0 spiro atoms. The van der Waals surface area contributed by atoms with Crippen LogP contribution in [-0.2, 0) is 16.6 Å². The van der Waals surface area contributed by atoms with Gasteiger partial charge >= 0.3 is 0 Å². The van der Waals surface area contributed by atoms with Crippen molar-refractivity contribution in [3.8, 4) is 0 Å². The maximum atomic E-state index is 12.2. The Morgan fingerprint density at radius 2 is 1.95 bits per heavy atom. The van der Waals surface area contributed by atoms with Crippen molar-refractivity contribution in [2.24, 2.45) is 5.92 Å². The van der Waals surface area contributed by atoms with Crippen LogP contribution >= 0.6 is 0 Å². The second-order valence-electron chi connectivity index (χ2n) is 5.53. The number of hydrogen-bond acceptors (Lipinski definition) is 4. The van der Waals surface area contributed by atoms with E-state index in [1.54, 1.807) is 13.0 Å². The fraction of sp³-hybridized carbons (Fsp3) is 0.714. The molecule has 1 unspecified atom stereocenters. The molecule has 0 radical (unpaired) electrons. The molecular formula is C14H26N2O3S. The van der Waals surface area contributed by atoms with Gasteiger partial charge in [-0.3, -0.25) is 0 Å². The second-order valence-corrected chi connectivity index (χ2v) is 7.27.